The van der Waals surface area contributed by atoms with Gasteiger partial charge >= 0.3 is 5.97 Å². The molecular weight excluding hydrogens is 1270 g/mol. The highest BCUT2D eigenvalue weighted by Gasteiger charge is 2.57. The van der Waals surface area contributed by atoms with E-state index in [1.165, 1.54) is 20.5 Å². The highest BCUT2D eigenvalue weighted by molar-refractivity contribution is 6.39. The number of aromatic nitrogens is 8. The van der Waals surface area contributed by atoms with Crippen molar-refractivity contribution in [3.8, 4) is 11.3 Å². The molecule has 2 saturated heterocycles. The second-order valence-corrected chi connectivity index (χ2v) is 27.8. The smallest absolute Gasteiger partial charge is 0.329 e. The van der Waals surface area contributed by atoms with Gasteiger partial charge in [0.2, 0.25) is 5.79 Å². The summed E-state index contributed by atoms with van der Waals surface area (Å²) in [6.07, 6.45) is 14.8. The molecule has 99 heavy (non-hydrogen) atoms. The molecule has 4 aromatic heterocycles. The number of ether oxygens (including phenoxy) is 7. The quantitative estimate of drug-likeness (QED) is 0.0276. The average molecular weight is 1380 g/mol. The number of fused-ring (bicyclic) bond motifs is 5. The van der Waals surface area contributed by atoms with Gasteiger partial charge in [-0.1, -0.05) is 76.3 Å². The van der Waals surface area contributed by atoms with Gasteiger partial charge in [-0.3, -0.25) is 23.9 Å². The number of aliphatic hydroxyl groups is 3. The number of esters is 1. The summed E-state index contributed by atoms with van der Waals surface area (Å²) >= 11 is 0. The number of ketones is 3. The van der Waals surface area contributed by atoms with Crippen molar-refractivity contribution in [3.05, 3.63) is 89.9 Å². The number of nitrogen functional groups attached to an aromatic ring is 1. The molecule has 4 aliphatic rings. The molecule has 26 heteroatoms. The summed E-state index contributed by atoms with van der Waals surface area (Å²) in [5.41, 5.74) is 11.7. The number of hydrogen-bond donors (Lipinski definition) is 4. The Morgan fingerprint density at radius 3 is 2.42 bits per heavy atom. The van der Waals surface area contributed by atoms with Crippen molar-refractivity contribution >= 4 is 57.2 Å². The Bertz CT molecular complexity index is 3730. The number of unbranched alkanes of at least 4 members (excludes halogenated alkanes) is 1. The summed E-state index contributed by atoms with van der Waals surface area (Å²) in [7, 11) is 4.49. The van der Waals surface area contributed by atoms with Gasteiger partial charge in [0.15, 0.2) is 28.7 Å². The Morgan fingerprint density at radius 1 is 0.869 bits per heavy atom. The monoisotopic (exact) mass is 1370 g/mol. The molecule has 0 unspecified atom stereocenters. The Labute approximate surface area is 579 Å². The molecule has 2 bridgehead atoms. The number of rotatable bonds is 18. The van der Waals surface area contributed by atoms with E-state index in [0.29, 0.717) is 116 Å². The Hall–Kier alpha value is -7.27. The molecule has 7 heterocycles. The summed E-state index contributed by atoms with van der Waals surface area (Å²) in [5.74, 6) is -10.4. The third kappa shape index (κ3) is 18.8. The number of anilines is 1. The lowest BCUT2D eigenvalue weighted by Crippen LogP contribution is -2.63. The number of Topliss-reactive ketones (excluding diaryl/α,β-unsaturated/α-hetero) is 3. The summed E-state index contributed by atoms with van der Waals surface area (Å²) in [6.45, 7) is 16.3. The fraction of sp³-hybridized carbons (Fsp3) is 0.630. The molecule has 1 saturated carbocycles. The molecule has 3 fully saturated rings. The van der Waals surface area contributed by atoms with Crippen LogP contribution in [0.1, 0.15) is 150 Å². The third-order valence-corrected chi connectivity index (χ3v) is 20.3. The summed E-state index contributed by atoms with van der Waals surface area (Å²) in [4.78, 5) is 86.6. The Morgan fingerprint density at radius 2 is 1.66 bits per heavy atom. The van der Waals surface area contributed by atoms with Crippen LogP contribution in [0.2, 0.25) is 0 Å². The van der Waals surface area contributed by atoms with Crippen LogP contribution >= 0.6 is 0 Å². The van der Waals surface area contributed by atoms with Gasteiger partial charge in [-0.15, -0.1) is 5.10 Å². The topological polar surface area (TPSA) is 340 Å². The molecule has 5 aromatic rings. The first-order valence-electron chi connectivity index (χ1n) is 35.0. The highest BCUT2D eigenvalue weighted by Crippen LogP contribution is 2.42. The van der Waals surface area contributed by atoms with Crippen LogP contribution in [0.4, 0.5) is 5.82 Å². The number of methoxy groups -OCH3 is 3. The van der Waals surface area contributed by atoms with Crippen LogP contribution in [-0.4, -0.2) is 184 Å². The van der Waals surface area contributed by atoms with Crippen LogP contribution in [0, 0.1) is 42.4 Å². The number of aryl methyl sites for hydroxylation is 3. The fourth-order valence-corrected chi connectivity index (χ4v) is 14.4. The second kappa shape index (κ2) is 34.4. The first kappa shape index (κ1) is 75.9. The number of amides is 1. The Balaban J connectivity index is 0.817. The van der Waals surface area contributed by atoms with Crippen LogP contribution in [0.15, 0.2) is 82.7 Å². The minimum Gasteiger partial charge on any atom is -0.460 e. The number of aliphatic hydroxyl groups excluding tert-OH is 1. The molecule has 1 aliphatic carbocycles. The second-order valence-electron chi connectivity index (χ2n) is 27.8. The van der Waals surface area contributed by atoms with Gasteiger partial charge in [0.05, 0.1) is 49.7 Å². The molecule has 9 rings (SSSR count). The summed E-state index contributed by atoms with van der Waals surface area (Å²) in [5, 5.41) is 50.0. The SMILES string of the molecule is CO[C@H]1C[C@]2(O)CC[C@@H](C)[C@@](O)(O2)C(=O)C(=O)N2CCCC[C@H]2C(=O)O[C@H]([C@H](C)C[C@@H]2CC[C@@H](OCCOCc3cn(CCCCn4nc(-c5ccc6oc(C)nc6c5)c5c(N)ncnc54)nn3)[C@H](OC)C2)CC(=O)[C@H](C)/C=C(\C)[C@@H](O)[C@@H](OC)C(=O)[C@H](C)C[C@H](C)/C=C/C=C/C=C/1C. The maximum Gasteiger partial charge on any atom is 0.329 e. The van der Waals surface area contributed by atoms with E-state index >= 15 is 0 Å². The molecule has 540 valence electrons. The van der Waals surface area contributed by atoms with Gasteiger partial charge in [-0.2, -0.15) is 5.10 Å². The van der Waals surface area contributed by atoms with Crippen molar-refractivity contribution < 1.29 is 76.9 Å². The van der Waals surface area contributed by atoms with Crippen LogP contribution in [0.25, 0.3) is 33.4 Å². The summed E-state index contributed by atoms with van der Waals surface area (Å²) < 4.78 is 51.6. The number of oxazole rings is 1. The highest BCUT2D eigenvalue weighted by atomic mass is 16.7. The zero-order valence-corrected chi connectivity index (χ0v) is 59.2. The van der Waals surface area contributed by atoms with Gasteiger partial charge in [-0.25, -0.2) is 24.4 Å². The maximum absolute atomic E-state index is 14.8. The van der Waals surface area contributed by atoms with E-state index in [0.717, 1.165) is 35.2 Å². The molecule has 3 aliphatic heterocycles. The van der Waals surface area contributed by atoms with Gasteiger partial charge in [0.1, 0.15) is 59.2 Å². The molecule has 1 aromatic carbocycles. The minimum absolute atomic E-state index is 0.00250. The van der Waals surface area contributed by atoms with Crippen molar-refractivity contribution in [3.63, 3.8) is 0 Å². The lowest BCUT2D eigenvalue weighted by atomic mass is 9.78. The zero-order chi connectivity index (χ0) is 71.3. The van der Waals surface area contributed by atoms with E-state index in [9.17, 15) is 39.3 Å². The molecule has 0 spiro atoms. The zero-order valence-electron chi connectivity index (χ0n) is 59.2. The van der Waals surface area contributed by atoms with E-state index in [1.807, 2.05) is 75.0 Å². The molecule has 1 amide bonds. The third-order valence-electron chi connectivity index (χ3n) is 20.3. The van der Waals surface area contributed by atoms with E-state index in [2.05, 4.69) is 25.3 Å². The molecule has 15 atom stereocenters. The average Bonchev–Trinajstić information content (AvgIpc) is 1.71. The van der Waals surface area contributed by atoms with Gasteiger partial charge in [0.25, 0.3) is 11.7 Å². The van der Waals surface area contributed by atoms with E-state index in [-0.39, 0.29) is 80.9 Å². The minimum atomic E-state index is -2.75. The lowest BCUT2D eigenvalue weighted by Gasteiger charge is -2.46. The maximum atomic E-state index is 14.8. The summed E-state index contributed by atoms with van der Waals surface area (Å²) in [6, 6.07) is 4.48. The van der Waals surface area contributed by atoms with Crippen molar-refractivity contribution in [2.75, 3.05) is 46.8 Å². The van der Waals surface area contributed by atoms with E-state index in [1.54, 1.807) is 57.7 Å². The number of carbonyl (C=O) groups excluding carboxylic acids is 5. The molecule has 5 N–H and O–H groups in total. The number of nitrogens with zero attached hydrogens (tertiary/aromatic N) is 9. The number of piperidine rings is 1. The first-order chi connectivity index (χ1) is 47.3. The van der Waals surface area contributed by atoms with Crippen LogP contribution in [0.5, 0.6) is 0 Å². The number of hydrogen-bond acceptors (Lipinski definition) is 23. The standard InChI is InChI=1S/C73H102N10O16/c1-43-19-13-12-14-20-44(2)61(93-10)39-72(90)27-26-49(7)73(91,99-72)67(87)70(88)82-29-16-15-21-55(82)71(89)98-59(38-56(84)45(3)34-48(6)65(86)66(94-11)64(85)47(5)33-43)46(4)35-51-22-24-58(60(36-51)92-9)96-32-31-95-41-53-40-81(80-78-53)28-17-18-30-83-69-62(68(74)75-42-76-69)63(79-83)52-23-25-57-54(37-52)77-50(8)97-57/h12-14,19-20,23,25,34,37,40,42-43,45-47,49,51,55,58-61,65-66,86,90-91H,15-18,21-22,24,26-33,35-36,38-39,41H2,1-11H3,(H2,74,75,76)/b14-12+,19-13+,44-20+,48-34+/t43-,45-,46-,47-,49-,51+,55+,58-,59+,60-,61+,65-,66+,72+,73-/m1/s1. The predicted molar refractivity (Wildman–Crippen MR) is 366 cm³/mol. The van der Waals surface area contributed by atoms with Crippen LogP contribution in [-0.2, 0) is 76.8 Å². The number of allylic oxidation sites excluding steroid dienone is 6. The number of carbonyl (C=O) groups is 5. The van der Waals surface area contributed by atoms with Gasteiger partial charge in [0, 0.05) is 90.5 Å². The van der Waals surface area contributed by atoms with Gasteiger partial charge in [-0.05, 0) is 132 Å². The van der Waals surface area contributed by atoms with Crippen LogP contribution < -0.4 is 5.73 Å². The molecular formula is C73H102N10O16. The number of benzene rings is 1. The fourth-order valence-electron chi connectivity index (χ4n) is 14.4. The van der Waals surface area contributed by atoms with E-state index in [4.69, 9.17) is 48.4 Å². The normalized spacial score (nSPS) is 31.5. The molecule has 0 radical (unpaired) electrons. The first-order valence-corrected chi connectivity index (χ1v) is 35.0. The van der Waals surface area contributed by atoms with Crippen molar-refractivity contribution in [2.24, 2.45) is 35.5 Å². The van der Waals surface area contributed by atoms with Crippen molar-refractivity contribution in [1.82, 2.24) is 44.6 Å². The largest absolute Gasteiger partial charge is 0.460 e. The molecule has 26 nitrogen and oxygen atoms in total. The predicted octanol–water partition coefficient (Wildman–Crippen LogP) is 8.65. The van der Waals surface area contributed by atoms with E-state index < -0.39 is 83.4 Å². The lowest BCUT2D eigenvalue weighted by molar-refractivity contribution is -0.360. The van der Waals surface area contributed by atoms with Crippen LogP contribution in [0.3, 0.4) is 0 Å². The van der Waals surface area contributed by atoms with Gasteiger partial charge < -0.3 is 63.5 Å². The van der Waals surface area contributed by atoms with Crippen molar-refractivity contribution in [2.45, 2.75) is 219 Å². The number of cyclic esters (lactones) is 1. The van der Waals surface area contributed by atoms with Crippen molar-refractivity contribution in [1.29, 1.82) is 0 Å². The number of nitrogens with two attached hydrogens (primary N) is 1. The Kier molecular flexibility index (Phi) is 26.4.